The molecule has 0 saturated carbocycles. The highest BCUT2D eigenvalue weighted by atomic mass is 79.9. The molecule has 0 aliphatic carbocycles. The van der Waals surface area contributed by atoms with Crippen LogP contribution in [0.2, 0.25) is 0 Å². The summed E-state index contributed by atoms with van der Waals surface area (Å²) in [5.41, 5.74) is 0. The van der Waals surface area contributed by atoms with Crippen LogP contribution in [0.5, 0.6) is 0 Å². The second-order valence-electron chi connectivity index (χ2n) is 4.73. The second kappa shape index (κ2) is 6.62. The molecule has 0 unspecified atom stereocenters. The van der Waals surface area contributed by atoms with E-state index < -0.39 is 10.0 Å². The predicted octanol–water partition coefficient (Wildman–Crippen LogP) is 3.20. The molecule has 2 aromatic heterocycles. The summed E-state index contributed by atoms with van der Waals surface area (Å²) in [4.78, 5) is 1.01. The molecule has 0 bridgehead atoms. The molecule has 0 atom stereocenters. The van der Waals surface area contributed by atoms with Crippen molar-refractivity contribution in [1.29, 1.82) is 0 Å². The van der Waals surface area contributed by atoms with Crippen LogP contribution in [0.3, 0.4) is 0 Å². The van der Waals surface area contributed by atoms with Crippen LogP contribution in [-0.2, 0) is 23.2 Å². The first-order chi connectivity index (χ1) is 9.86. The number of sulfonamides is 1. The van der Waals surface area contributed by atoms with Crippen LogP contribution in [-0.4, -0.2) is 23.9 Å². The number of halogens is 1. The lowest BCUT2D eigenvalue weighted by Gasteiger charge is -2.24. The molecular weight excluding hydrogens is 378 g/mol. The van der Waals surface area contributed by atoms with E-state index in [1.165, 1.54) is 21.7 Å². The Hall–Kier alpha value is -0.670. The number of aliphatic hydroxyl groups excluding tert-OH is 1. The molecule has 0 aromatic carbocycles. The first-order valence-corrected chi connectivity index (χ1v) is 9.40. The number of nitrogens with zero attached hydrogens (tertiary/aromatic N) is 1. The summed E-state index contributed by atoms with van der Waals surface area (Å²) in [6.45, 7) is 3.61. The maximum Gasteiger partial charge on any atom is 0.248 e. The van der Waals surface area contributed by atoms with Crippen LogP contribution in [0, 0.1) is 0 Å². The van der Waals surface area contributed by atoms with Gasteiger partial charge in [-0.3, -0.25) is 0 Å². The van der Waals surface area contributed by atoms with Crippen molar-refractivity contribution in [1.82, 2.24) is 4.31 Å². The zero-order valence-corrected chi connectivity index (χ0v) is 14.8. The Morgan fingerprint density at radius 2 is 2.19 bits per heavy atom. The van der Waals surface area contributed by atoms with E-state index in [1.54, 1.807) is 0 Å². The molecule has 1 N–H and O–H groups in total. The molecule has 116 valence electrons. The molecule has 21 heavy (non-hydrogen) atoms. The van der Waals surface area contributed by atoms with Crippen molar-refractivity contribution < 1.29 is 17.9 Å². The number of thiophene rings is 1. The average Bonchev–Trinajstić information content (AvgIpc) is 3.04. The lowest BCUT2D eigenvalue weighted by Crippen LogP contribution is -2.36. The maximum atomic E-state index is 12.8. The van der Waals surface area contributed by atoms with E-state index in [2.05, 4.69) is 15.9 Å². The minimum atomic E-state index is -3.71. The molecule has 8 heteroatoms. The van der Waals surface area contributed by atoms with E-state index in [0.29, 0.717) is 6.54 Å². The average molecular weight is 394 g/mol. The molecule has 0 saturated heterocycles. The van der Waals surface area contributed by atoms with Crippen molar-refractivity contribution in [2.75, 3.05) is 0 Å². The Bertz CT molecular complexity index is 692. The molecule has 2 rings (SSSR count). The van der Waals surface area contributed by atoms with Gasteiger partial charge < -0.3 is 9.52 Å². The fourth-order valence-corrected chi connectivity index (χ4v) is 5.24. The van der Waals surface area contributed by atoms with Crippen LogP contribution in [0.1, 0.15) is 24.5 Å². The number of rotatable bonds is 6. The summed E-state index contributed by atoms with van der Waals surface area (Å²) < 4.78 is 32.3. The quantitative estimate of drug-likeness (QED) is 0.817. The molecule has 0 spiro atoms. The smallest absolute Gasteiger partial charge is 0.248 e. The van der Waals surface area contributed by atoms with Crippen LogP contribution in [0.15, 0.2) is 37.6 Å². The Morgan fingerprint density at radius 1 is 1.48 bits per heavy atom. The summed E-state index contributed by atoms with van der Waals surface area (Å²) in [7, 11) is -3.71. The highest BCUT2D eigenvalue weighted by molar-refractivity contribution is 9.10. The summed E-state index contributed by atoms with van der Waals surface area (Å²) >= 11 is 4.62. The standard InChI is InChI=1S/C13H16BrNO4S2/c1-9(2)15(7-11-4-3-5-20-11)21(17,18)12-6-10(8-16)19-13(12)14/h3-6,9,16H,7-8H2,1-2H3. The summed E-state index contributed by atoms with van der Waals surface area (Å²) in [6, 6.07) is 4.95. The monoisotopic (exact) mass is 393 g/mol. The van der Waals surface area contributed by atoms with Gasteiger partial charge in [0.2, 0.25) is 10.0 Å². The normalized spacial score (nSPS) is 12.5. The topological polar surface area (TPSA) is 70.8 Å². The number of hydrogen-bond acceptors (Lipinski definition) is 5. The maximum absolute atomic E-state index is 12.8. The number of furan rings is 1. The predicted molar refractivity (Wildman–Crippen MR) is 84.5 cm³/mol. The van der Waals surface area contributed by atoms with E-state index in [9.17, 15) is 8.42 Å². The van der Waals surface area contributed by atoms with Gasteiger partial charge in [0, 0.05) is 23.5 Å². The molecule has 5 nitrogen and oxygen atoms in total. The Balaban J connectivity index is 2.39. The molecule has 2 aromatic rings. The highest BCUT2D eigenvalue weighted by Gasteiger charge is 2.31. The van der Waals surface area contributed by atoms with Crippen molar-refractivity contribution in [3.8, 4) is 0 Å². The van der Waals surface area contributed by atoms with Crippen LogP contribution in [0.4, 0.5) is 0 Å². The Labute approximate surface area is 136 Å². The third-order valence-electron chi connectivity index (χ3n) is 2.92. The second-order valence-corrected chi connectivity index (χ2v) is 8.34. The Morgan fingerprint density at radius 3 is 2.67 bits per heavy atom. The Kier molecular flexibility index (Phi) is 5.26. The van der Waals surface area contributed by atoms with Gasteiger partial charge >= 0.3 is 0 Å². The molecule has 2 heterocycles. The fourth-order valence-electron chi connectivity index (χ4n) is 1.88. The van der Waals surface area contributed by atoms with E-state index in [0.717, 1.165) is 4.88 Å². The lowest BCUT2D eigenvalue weighted by molar-refractivity contribution is 0.245. The van der Waals surface area contributed by atoms with Crippen LogP contribution < -0.4 is 0 Å². The SMILES string of the molecule is CC(C)N(Cc1cccs1)S(=O)(=O)c1cc(CO)oc1Br. The van der Waals surface area contributed by atoms with Gasteiger partial charge in [-0.25, -0.2) is 8.42 Å². The molecule has 0 radical (unpaired) electrons. The van der Waals surface area contributed by atoms with E-state index >= 15 is 0 Å². The van der Waals surface area contributed by atoms with Crippen molar-refractivity contribution in [3.63, 3.8) is 0 Å². The van der Waals surface area contributed by atoms with Gasteiger partial charge in [-0.15, -0.1) is 11.3 Å². The molecule has 0 amide bonds. The van der Waals surface area contributed by atoms with E-state index in [4.69, 9.17) is 9.52 Å². The third-order valence-corrected chi connectivity index (χ3v) is 6.66. The summed E-state index contributed by atoms with van der Waals surface area (Å²) in [5, 5.41) is 11.0. The van der Waals surface area contributed by atoms with Gasteiger partial charge in [0.05, 0.1) is 0 Å². The molecule has 0 aliphatic heterocycles. The van der Waals surface area contributed by atoms with Gasteiger partial charge in [-0.05, 0) is 41.2 Å². The zero-order valence-electron chi connectivity index (χ0n) is 11.6. The van der Waals surface area contributed by atoms with Crippen LogP contribution >= 0.6 is 27.3 Å². The van der Waals surface area contributed by atoms with E-state index in [1.807, 2.05) is 31.4 Å². The van der Waals surface area contributed by atoms with Gasteiger partial charge in [0.15, 0.2) is 4.67 Å². The van der Waals surface area contributed by atoms with Crippen LogP contribution in [0.25, 0.3) is 0 Å². The third kappa shape index (κ3) is 3.57. The minimum Gasteiger partial charge on any atom is -0.450 e. The van der Waals surface area contributed by atoms with Crippen molar-refractivity contribution in [2.45, 2.75) is 37.9 Å². The highest BCUT2D eigenvalue weighted by Crippen LogP contribution is 2.31. The lowest BCUT2D eigenvalue weighted by atomic mass is 10.4. The van der Waals surface area contributed by atoms with Gasteiger partial charge in [-0.1, -0.05) is 6.07 Å². The number of hydrogen-bond donors (Lipinski definition) is 1. The van der Waals surface area contributed by atoms with Gasteiger partial charge in [0.1, 0.15) is 17.3 Å². The van der Waals surface area contributed by atoms with Crippen molar-refractivity contribution in [2.24, 2.45) is 0 Å². The fraction of sp³-hybridized carbons (Fsp3) is 0.385. The summed E-state index contributed by atoms with van der Waals surface area (Å²) in [5.74, 6) is 0.209. The molecular formula is C13H16BrNO4S2. The largest absolute Gasteiger partial charge is 0.450 e. The van der Waals surface area contributed by atoms with Gasteiger partial charge in [0.25, 0.3) is 0 Å². The van der Waals surface area contributed by atoms with Gasteiger partial charge in [-0.2, -0.15) is 4.31 Å². The first kappa shape index (κ1) is 16.7. The molecule has 0 fully saturated rings. The van der Waals surface area contributed by atoms with Crippen molar-refractivity contribution >= 4 is 37.3 Å². The van der Waals surface area contributed by atoms with E-state index in [-0.39, 0.29) is 28.0 Å². The molecule has 0 aliphatic rings. The summed E-state index contributed by atoms with van der Waals surface area (Å²) in [6.07, 6.45) is 0. The zero-order chi connectivity index (χ0) is 15.6. The minimum absolute atomic E-state index is 0.0387. The van der Waals surface area contributed by atoms with Crippen molar-refractivity contribution in [3.05, 3.63) is 38.9 Å². The first-order valence-electron chi connectivity index (χ1n) is 6.29. The number of aliphatic hydroxyl groups is 1.